The maximum Gasteiger partial charge on any atom is 0.417 e. The van der Waals surface area contributed by atoms with Crippen molar-refractivity contribution in [3.63, 3.8) is 0 Å². The van der Waals surface area contributed by atoms with E-state index >= 15 is 0 Å². The number of aryl methyl sites for hydroxylation is 1. The molecular formula is C18H12F3N5OS. The van der Waals surface area contributed by atoms with E-state index in [1.807, 2.05) is 0 Å². The molecule has 0 aliphatic heterocycles. The van der Waals surface area contributed by atoms with Crippen LogP contribution in [0.5, 0.6) is 0 Å². The quantitative estimate of drug-likeness (QED) is 0.549. The van der Waals surface area contributed by atoms with Gasteiger partial charge in [-0.05, 0) is 25.1 Å². The van der Waals surface area contributed by atoms with E-state index in [9.17, 15) is 18.0 Å². The molecule has 0 atom stereocenters. The molecule has 1 aromatic carbocycles. The molecule has 0 bridgehead atoms. The summed E-state index contributed by atoms with van der Waals surface area (Å²) < 4.78 is 41.3. The Kier molecular flexibility index (Phi) is 4.34. The van der Waals surface area contributed by atoms with E-state index in [-0.39, 0.29) is 22.8 Å². The molecule has 0 saturated carbocycles. The molecule has 1 N–H and O–H groups in total. The van der Waals surface area contributed by atoms with Gasteiger partial charge in [-0.3, -0.25) is 4.79 Å². The number of amides is 1. The average Bonchev–Trinajstić information content (AvgIpc) is 3.27. The number of nitrogens with one attached hydrogen (secondary N) is 1. The van der Waals surface area contributed by atoms with Crippen molar-refractivity contribution in [3.05, 3.63) is 64.2 Å². The lowest BCUT2D eigenvalue weighted by Crippen LogP contribution is -2.15. The summed E-state index contributed by atoms with van der Waals surface area (Å²) in [7, 11) is 0. The van der Waals surface area contributed by atoms with Gasteiger partial charge in [0, 0.05) is 10.4 Å². The van der Waals surface area contributed by atoms with Gasteiger partial charge in [0.25, 0.3) is 5.91 Å². The number of hydrogen-bond donors (Lipinski definition) is 1. The van der Waals surface area contributed by atoms with Gasteiger partial charge in [0.15, 0.2) is 11.5 Å². The maximum absolute atomic E-state index is 13.3. The van der Waals surface area contributed by atoms with Crippen molar-refractivity contribution < 1.29 is 18.0 Å². The Hall–Kier alpha value is -3.27. The molecule has 0 radical (unpaired) electrons. The minimum absolute atomic E-state index is 0.0572. The molecule has 0 fully saturated rings. The predicted molar refractivity (Wildman–Crippen MR) is 98.2 cm³/mol. The number of nitrogens with zero attached hydrogens (tertiary/aromatic N) is 4. The minimum Gasteiger partial charge on any atom is -0.304 e. The number of hydrogen-bond acceptors (Lipinski definition) is 5. The van der Waals surface area contributed by atoms with Crippen molar-refractivity contribution in [3.8, 4) is 11.3 Å². The summed E-state index contributed by atoms with van der Waals surface area (Å²) in [4.78, 5) is 21.3. The van der Waals surface area contributed by atoms with Crippen LogP contribution in [0.15, 0.2) is 48.1 Å². The smallest absolute Gasteiger partial charge is 0.304 e. The van der Waals surface area contributed by atoms with E-state index < -0.39 is 17.6 Å². The molecule has 10 heteroatoms. The monoisotopic (exact) mass is 403 g/mol. The van der Waals surface area contributed by atoms with Crippen LogP contribution in [0.3, 0.4) is 0 Å². The first-order valence-electron chi connectivity index (χ1n) is 8.07. The van der Waals surface area contributed by atoms with Crippen LogP contribution in [0.4, 0.5) is 19.0 Å². The van der Waals surface area contributed by atoms with Crippen LogP contribution >= 0.6 is 11.3 Å². The van der Waals surface area contributed by atoms with Crippen LogP contribution in [0.1, 0.15) is 20.9 Å². The van der Waals surface area contributed by atoms with Crippen molar-refractivity contribution in [2.45, 2.75) is 13.1 Å². The molecule has 0 unspecified atom stereocenters. The third-order valence-electron chi connectivity index (χ3n) is 4.07. The Labute approximate surface area is 160 Å². The second-order valence-electron chi connectivity index (χ2n) is 5.89. The van der Waals surface area contributed by atoms with Gasteiger partial charge in [-0.2, -0.15) is 22.8 Å². The molecule has 4 rings (SSSR count). The molecule has 6 nitrogen and oxygen atoms in total. The molecule has 0 saturated heterocycles. The summed E-state index contributed by atoms with van der Waals surface area (Å²) in [5.74, 6) is -0.206. The second-order valence-corrected chi connectivity index (χ2v) is 6.95. The molecule has 0 spiro atoms. The predicted octanol–water partition coefficient (Wildman–Crippen LogP) is 4.43. The number of anilines is 1. The van der Waals surface area contributed by atoms with Crippen molar-refractivity contribution >= 4 is 28.7 Å². The molecule has 4 aromatic rings. The zero-order valence-electron chi connectivity index (χ0n) is 14.4. The Morgan fingerprint density at radius 1 is 1.14 bits per heavy atom. The van der Waals surface area contributed by atoms with E-state index in [1.165, 1.54) is 46.3 Å². The van der Waals surface area contributed by atoms with Gasteiger partial charge in [0.2, 0.25) is 0 Å². The Morgan fingerprint density at radius 3 is 2.64 bits per heavy atom. The number of halogens is 3. The Balaban J connectivity index is 1.76. The first kappa shape index (κ1) is 18.1. The highest BCUT2D eigenvalue weighted by molar-refractivity contribution is 7.09. The number of carbonyl (C=O) groups excluding carboxylic acids is 1. The fourth-order valence-corrected chi connectivity index (χ4v) is 3.33. The van der Waals surface area contributed by atoms with E-state index in [1.54, 1.807) is 18.5 Å². The lowest BCUT2D eigenvalue weighted by molar-refractivity contribution is -0.137. The Morgan fingerprint density at radius 2 is 1.93 bits per heavy atom. The number of fused-ring (bicyclic) bond motifs is 1. The van der Waals surface area contributed by atoms with Gasteiger partial charge >= 0.3 is 6.18 Å². The van der Waals surface area contributed by atoms with Gasteiger partial charge < -0.3 is 5.32 Å². The lowest BCUT2D eigenvalue weighted by atomic mass is 10.0. The maximum atomic E-state index is 13.3. The SMILES string of the molecule is Cc1scnc1C(=O)Nc1cnc2ccc(-c3ccccc3C(F)(F)F)nn12. The van der Waals surface area contributed by atoms with Crippen LogP contribution in [0.25, 0.3) is 16.9 Å². The minimum atomic E-state index is -4.51. The van der Waals surface area contributed by atoms with Crippen LogP contribution in [0.2, 0.25) is 0 Å². The van der Waals surface area contributed by atoms with E-state index in [0.717, 1.165) is 10.9 Å². The standard InChI is InChI=1S/C18H12F3N5OS/c1-10-16(23-9-28-10)17(27)24-15-8-22-14-7-6-13(25-26(14)15)11-4-2-3-5-12(11)18(19,20)21/h2-9H,1H3,(H,24,27). The van der Waals surface area contributed by atoms with Crippen molar-refractivity contribution in [2.75, 3.05) is 5.32 Å². The molecule has 1 amide bonds. The molecule has 3 heterocycles. The summed E-state index contributed by atoms with van der Waals surface area (Å²) in [6.07, 6.45) is -3.12. The number of imidazole rings is 1. The normalized spacial score (nSPS) is 11.7. The van der Waals surface area contributed by atoms with E-state index in [0.29, 0.717) is 5.65 Å². The number of thiazole rings is 1. The number of carbonyl (C=O) groups is 1. The number of alkyl halides is 3. The summed E-state index contributed by atoms with van der Waals surface area (Å²) in [5, 5.41) is 6.91. The van der Waals surface area contributed by atoms with Gasteiger partial charge in [0.05, 0.1) is 23.0 Å². The van der Waals surface area contributed by atoms with Crippen LogP contribution in [0, 0.1) is 6.92 Å². The lowest BCUT2D eigenvalue weighted by Gasteiger charge is -2.12. The third kappa shape index (κ3) is 3.22. The fourth-order valence-electron chi connectivity index (χ4n) is 2.75. The Bertz CT molecular complexity index is 1180. The van der Waals surface area contributed by atoms with Crippen LogP contribution in [-0.2, 0) is 6.18 Å². The largest absolute Gasteiger partial charge is 0.417 e. The fraction of sp³-hybridized carbons (Fsp3) is 0.111. The van der Waals surface area contributed by atoms with E-state index in [2.05, 4.69) is 20.4 Å². The van der Waals surface area contributed by atoms with Gasteiger partial charge in [0.1, 0.15) is 5.69 Å². The highest BCUT2D eigenvalue weighted by Gasteiger charge is 2.33. The topological polar surface area (TPSA) is 72.2 Å². The molecule has 28 heavy (non-hydrogen) atoms. The van der Waals surface area contributed by atoms with Gasteiger partial charge in [-0.15, -0.1) is 11.3 Å². The van der Waals surface area contributed by atoms with Crippen LogP contribution in [-0.4, -0.2) is 25.5 Å². The average molecular weight is 403 g/mol. The zero-order valence-corrected chi connectivity index (χ0v) is 15.2. The molecule has 0 aliphatic rings. The first-order valence-corrected chi connectivity index (χ1v) is 8.95. The molecule has 3 aromatic heterocycles. The van der Waals surface area contributed by atoms with Gasteiger partial charge in [-0.25, -0.2) is 9.97 Å². The van der Waals surface area contributed by atoms with Crippen molar-refractivity contribution in [1.29, 1.82) is 0 Å². The molecule has 142 valence electrons. The summed E-state index contributed by atoms with van der Waals surface area (Å²) in [6.45, 7) is 1.77. The van der Waals surface area contributed by atoms with Crippen LogP contribution < -0.4 is 5.32 Å². The second kappa shape index (κ2) is 6.71. The van der Waals surface area contributed by atoms with Crippen molar-refractivity contribution in [2.24, 2.45) is 0 Å². The number of benzene rings is 1. The number of rotatable bonds is 3. The van der Waals surface area contributed by atoms with E-state index in [4.69, 9.17) is 0 Å². The first-order chi connectivity index (χ1) is 13.3. The highest BCUT2D eigenvalue weighted by atomic mass is 32.1. The number of aromatic nitrogens is 4. The summed E-state index contributed by atoms with van der Waals surface area (Å²) in [6, 6.07) is 8.19. The molecular weight excluding hydrogens is 391 g/mol. The zero-order chi connectivity index (χ0) is 19.9. The van der Waals surface area contributed by atoms with Crippen molar-refractivity contribution in [1.82, 2.24) is 19.6 Å². The van der Waals surface area contributed by atoms with Gasteiger partial charge in [-0.1, -0.05) is 18.2 Å². The summed E-state index contributed by atoms with van der Waals surface area (Å²) in [5.41, 5.74) is 1.49. The third-order valence-corrected chi connectivity index (χ3v) is 4.83. The summed E-state index contributed by atoms with van der Waals surface area (Å²) >= 11 is 1.34. The highest BCUT2D eigenvalue weighted by Crippen LogP contribution is 2.36. The molecule has 0 aliphatic carbocycles.